The van der Waals surface area contributed by atoms with E-state index in [0.717, 1.165) is 29.5 Å². The summed E-state index contributed by atoms with van der Waals surface area (Å²) in [6.07, 6.45) is 6.26. The van der Waals surface area contributed by atoms with Crippen molar-refractivity contribution in [3.63, 3.8) is 0 Å². The van der Waals surface area contributed by atoms with E-state index < -0.39 is 18.0 Å². The molecule has 0 spiro atoms. The number of nitrogens with zero attached hydrogens (tertiary/aromatic N) is 1. The van der Waals surface area contributed by atoms with Gasteiger partial charge in [-0.15, -0.1) is 0 Å². The van der Waals surface area contributed by atoms with Gasteiger partial charge in [0.25, 0.3) is 5.91 Å². The summed E-state index contributed by atoms with van der Waals surface area (Å²) in [6.45, 7) is 6.15. The van der Waals surface area contributed by atoms with Gasteiger partial charge in [0.05, 0.1) is 19.1 Å². The SMILES string of the molecule is COc1cc(OC)cc(-c2cc(CCCNC(=O)[C@H](Cc3ccc(OC(C)(C)C)cc3)NC(=O)O)c(C=C3SC(=S)N(C4CC5CCC4C5)C3=O)o2)c1. The van der Waals surface area contributed by atoms with Crippen molar-refractivity contribution in [3.8, 4) is 28.6 Å². The van der Waals surface area contributed by atoms with Gasteiger partial charge in [-0.05, 0) is 106 Å². The second-order valence-corrected chi connectivity index (χ2v) is 16.5. The normalized spacial score (nSPS) is 20.9. The minimum atomic E-state index is -1.28. The molecule has 2 saturated carbocycles. The molecule has 3 fully saturated rings. The number of ether oxygens (including phenoxy) is 3. The maximum absolute atomic E-state index is 13.8. The van der Waals surface area contributed by atoms with Crippen molar-refractivity contribution in [3.05, 3.63) is 70.3 Å². The Kier molecular flexibility index (Phi) is 11.7. The molecule has 3 aliphatic rings. The summed E-state index contributed by atoms with van der Waals surface area (Å²) in [6, 6.07) is 13.9. The van der Waals surface area contributed by atoms with Crippen LogP contribution in [0.1, 0.15) is 69.8 Å². The average molecular weight is 762 g/mol. The summed E-state index contributed by atoms with van der Waals surface area (Å²) in [5, 5.41) is 14.7. The smallest absolute Gasteiger partial charge is 0.405 e. The third-order valence-electron chi connectivity index (χ3n) is 9.92. The molecule has 3 amide bonds. The first-order chi connectivity index (χ1) is 25.3. The number of benzene rings is 2. The standard InChI is InChI=1S/C40H47N3O8S2/c1-40(2,3)51-28-12-9-23(10-13-28)16-31(42-38(46)47)36(44)41-14-6-7-26-20-33(27-18-29(48-4)21-30(19-27)49-5)50-34(26)22-35-37(45)43(39(52)53-35)32-17-24-8-11-25(32)15-24/h9-10,12-13,18-22,24-25,31-32,42H,6-8,11,14-17H2,1-5H3,(H,41,44)(H,46,47)/t24?,25?,31-,32?/m0/s1. The van der Waals surface area contributed by atoms with Crippen LogP contribution in [0.4, 0.5) is 4.79 Å². The Balaban J connectivity index is 1.16. The van der Waals surface area contributed by atoms with E-state index in [2.05, 4.69) is 10.6 Å². The van der Waals surface area contributed by atoms with Crippen LogP contribution in [0.5, 0.6) is 17.2 Å². The van der Waals surface area contributed by atoms with Gasteiger partial charge >= 0.3 is 6.09 Å². The molecule has 3 N–H and O–H groups in total. The lowest BCUT2D eigenvalue weighted by Gasteiger charge is -2.30. The molecule has 1 aliphatic heterocycles. The first kappa shape index (κ1) is 38.2. The van der Waals surface area contributed by atoms with Gasteiger partial charge < -0.3 is 34.4 Å². The van der Waals surface area contributed by atoms with Crippen LogP contribution >= 0.6 is 24.0 Å². The van der Waals surface area contributed by atoms with Crippen LogP contribution in [0.25, 0.3) is 17.4 Å². The second-order valence-electron chi connectivity index (χ2n) is 14.9. The van der Waals surface area contributed by atoms with Crippen LogP contribution in [-0.2, 0) is 22.4 Å². The molecular formula is C40H47N3O8S2. The molecule has 1 aromatic heterocycles. The van der Waals surface area contributed by atoms with E-state index in [1.54, 1.807) is 26.4 Å². The first-order valence-electron chi connectivity index (χ1n) is 18.0. The lowest BCUT2D eigenvalue weighted by Crippen LogP contribution is -2.47. The fourth-order valence-electron chi connectivity index (χ4n) is 7.52. The highest BCUT2D eigenvalue weighted by Crippen LogP contribution is 2.49. The zero-order chi connectivity index (χ0) is 37.9. The van der Waals surface area contributed by atoms with Gasteiger partial charge in [0, 0.05) is 36.7 Å². The number of carbonyl (C=O) groups excluding carboxylic acids is 2. The van der Waals surface area contributed by atoms with Gasteiger partial charge in [-0.1, -0.05) is 42.5 Å². The second kappa shape index (κ2) is 16.3. The predicted molar refractivity (Wildman–Crippen MR) is 208 cm³/mol. The molecule has 53 heavy (non-hydrogen) atoms. The number of amides is 3. The Bertz CT molecular complexity index is 1860. The molecule has 3 unspecified atom stereocenters. The number of thioether (sulfide) groups is 1. The van der Waals surface area contributed by atoms with Crippen molar-refractivity contribution in [1.82, 2.24) is 15.5 Å². The van der Waals surface area contributed by atoms with Crippen molar-refractivity contribution in [2.75, 3.05) is 20.8 Å². The molecule has 6 rings (SSSR count). The van der Waals surface area contributed by atoms with Gasteiger partial charge in [0.1, 0.15) is 44.7 Å². The van der Waals surface area contributed by atoms with Crippen molar-refractivity contribution in [2.24, 2.45) is 11.8 Å². The van der Waals surface area contributed by atoms with Crippen molar-refractivity contribution >= 4 is 52.3 Å². The quantitative estimate of drug-likeness (QED) is 0.0862. The predicted octanol–water partition coefficient (Wildman–Crippen LogP) is 7.46. The summed E-state index contributed by atoms with van der Waals surface area (Å²) >= 11 is 7.05. The Labute approximate surface area is 319 Å². The van der Waals surface area contributed by atoms with Crippen LogP contribution in [0, 0.1) is 11.8 Å². The summed E-state index contributed by atoms with van der Waals surface area (Å²) in [5.41, 5.74) is 2.02. The highest BCUT2D eigenvalue weighted by atomic mass is 32.2. The number of hydrogen-bond acceptors (Lipinski definition) is 9. The topological polar surface area (TPSA) is 140 Å². The molecular weight excluding hydrogens is 715 g/mol. The van der Waals surface area contributed by atoms with Gasteiger partial charge in [0.15, 0.2) is 0 Å². The first-order valence-corrected chi connectivity index (χ1v) is 19.2. The van der Waals surface area contributed by atoms with E-state index in [-0.39, 0.29) is 30.5 Å². The molecule has 2 bridgehead atoms. The molecule has 282 valence electrons. The van der Waals surface area contributed by atoms with Crippen LogP contribution in [0.2, 0.25) is 0 Å². The Hall–Kier alpha value is -4.49. The van der Waals surface area contributed by atoms with E-state index >= 15 is 0 Å². The lowest BCUT2D eigenvalue weighted by atomic mass is 9.94. The minimum Gasteiger partial charge on any atom is -0.497 e. The zero-order valence-corrected chi connectivity index (χ0v) is 32.4. The molecule has 2 aromatic carbocycles. The summed E-state index contributed by atoms with van der Waals surface area (Å²) < 4.78 is 23.9. The van der Waals surface area contributed by atoms with Crippen LogP contribution in [-0.4, -0.2) is 70.7 Å². The fraction of sp³-hybridized carbons (Fsp3) is 0.450. The summed E-state index contributed by atoms with van der Waals surface area (Å²) in [4.78, 5) is 41.0. The third-order valence-corrected chi connectivity index (χ3v) is 11.2. The lowest BCUT2D eigenvalue weighted by molar-refractivity contribution is -0.124. The molecule has 4 atom stereocenters. The van der Waals surface area contributed by atoms with E-state index in [9.17, 15) is 19.5 Å². The Morgan fingerprint density at radius 3 is 2.38 bits per heavy atom. The van der Waals surface area contributed by atoms with Crippen molar-refractivity contribution in [1.29, 1.82) is 0 Å². The van der Waals surface area contributed by atoms with Gasteiger partial charge in [-0.25, -0.2) is 4.79 Å². The largest absolute Gasteiger partial charge is 0.497 e. The number of carboxylic acid groups (broad SMARTS) is 1. The number of fused-ring (bicyclic) bond motifs is 2. The molecule has 13 heteroatoms. The molecule has 1 saturated heterocycles. The molecule has 11 nitrogen and oxygen atoms in total. The third kappa shape index (κ3) is 9.36. The fourth-order valence-corrected chi connectivity index (χ4v) is 8.86. The number of thiocarbonyl (C=S) groups is 1. The van der Waals surface area contributed by atoms with E-state index in [1.165, 1.54) is 24.6 Å². The number of carbonyl (C=O) groups is 3. The monoisotopic (exact) mass is 761 g/mol. The van der Waals surface area contributed by atoms with Crippen LogP contribution < -0.4 is 24.8 Å². The Morgan fingerprint density at radius 1 is 1.06 bits per heavy atom. The molecule has 2 aliphatic carbocycles. The highest BCUT2D eigenvalue weighted by Gasteiger charge is 2.48. The number of hydrogen-bond donors (Lipinski definition) is 3. The number of nitrogens with one attached hydrogen (secondary N) is 2. The van der Waals surface area contributed by atoms with Gasteiger partial charge in [0.2, 0.25) is 5.91 Å². The zero-order valence-electron chi connectivity index (χ0n) is 30.7. The summed E-state index contributed by atoms with van der Waals surface area (Å²) in [5.74, 6) is 3.67. The van der Waals surface area contributed by atoms with Gasteiger partial charge in [-0.2, -0.15) is 0 Å². The number of methoxy groups -OCH3 is 2. The van der Waals surface area contributed by atoms with Gasteiger partial charge in [-0.3, -0.25) is 14.5 Å². The number of aryl methyl sites for hydroxylation is 1. The highest BCUT2D eigenvalue weighted by molar-refractivity contribution is 8.26. The van der Waals surface area contributed by atoms with Crippen molar-refractivity contribution < 1.29 is 38.1 Å². The number of furan rings is 1. The molecule has 0 radical (unpaired) electrons. The van der Waals surface area contributed by atoms with Crippen LogP contribution in [0.15, 0.2) is 57.9 Å². The van der Waals surface area contributed by atoms with Crippen molar-refractivity contribution in [2.45, 2.75) is 83.4 Å². The average Bonchev–Trinajstić information content (AvgIpc) is 3.90. The van der Waals surface area contributed by atoms with Crippen LogP contribution in [0.3, 0.4) is 0 Å². The minimum absolute atomic E-state index is 0.0786. The van der Waals surface area contributed by atoms with E-state index in [1.807, 2.05) is 68.1 Å². The molecule has 2 heterocycles. The van der Waals surface area contributed by atoms with E-state index in [0.29, 0.717) is 62.7 Å². The maximum atomic E-state index is 13.8. The Morgan fingerprint density at radius 2 is 1.77 bits per heavy atom. The number of rotatable bonds is 14. The summed E-state index contributed by atoms with van der Waals surface area (Å²) in [7, 11) is 3.17. The maximum Gasteiger partial charge on any atom is 0.405 e. The van der Waals surface area contributed by atoms with E-state index in [4.69, 9.17) is 30.8 Å². The molecule has 3 aromatic rings.